The quantitative estimate of drug-likeness (QED) is 0.831. The maximum absolute atomic E-state index is 4.68. The van der Waals surface area contributed by atoms with Gasteiger partial charge in [-0.25, -0.2) is 0 Å². The Morgan fingerprint density at radius 3 is 2.85 bits per heavy atom. The third-order valence-corrected chi connectivity index (χ3v) is 4.24. The number of piperidine rings is 1. The SMILES string of the molecule is CCCN(Cc1cc(CC)nn1CC)C1CCCNC1. The van der Waals surface area contributed by atoms with E-state index in [0.29, 0.717) is 6.04 Å². The minimum atomic E-state index is 0.689. The van der Waals surface area contributed by atoms with E-state index in [-0.39, 0.29) is 0 Å². The van der Waals surface area contributed by atoms with Crippen LogP contribution in [-0.4, -0.2) is 40.4 Å². The minimum Gasteiger partial charge on any atom is -0.315 e. The van der Waals surface area contributed by atoms with Gasteiger partial charge in [0.1, 0.15) is 0 Å². The van der Waals surface area contributed by atoms with Crippen molar-refractivity contribution in [1.82, 2.24) is 20.0 Å². The molecule has 1 fully saturated rings. The molecule has 20 heavy (non-hydrogen) atoms. The molecule has 114 valence electrons. The molecule has 1 atom stereocenters. The summed E-state index contributed by atoms with van der Waals surface area (Å²) in [7, 11) is 0. The molecule has 0 spiro atoms. The van der Waals surface area contributed by atoms with Crippen LogP contribution in [0.5, 0.6) is 0 Å². The van der Waals surface area contributed by atoms with Gasteiger partial charge in [0.25, 0.3) is 0 Å². The van der Waals surface area contributed by atoms with Gasteiger partial charge in [-0.1, -0.05) is 13.8 Å². The zero-order valence-electron chi connectivity index (χ0n) is 13.4. The summed E-state index contributed by atoms with van der Waals surface area (Å²) in [6.45, 7) is 12.2. The molecule has 4 heteroatoms. The van der Waals surface area contributed by atoms with Crippen LogP contribution in [0.3, 0.4) is 0 Å². The molecule has 1 unspecified atom stereocenters. The van der Waals surface area contributed by atoms with E-state index in [1.807, 2.05) is 0 Å². The first-order valence-corrected chi connectivity index (χ1v) is 8.28. The number of hydrogen-bond donors (Lipinski definition) is 1. The molecule has 0 amide bonds. The first kappa shape index (κ1) is 15.5. The van der Waals surface area contributed by atoms with Crippen LogP contribution in [0.25, 0.3) is 0 Å². The highest BCUT2D eigenvalue weighted by Crippen LogP contribution is 2.16. The van der Waals surface area contributed by atoms with Gasteiger partial charge in [-0.3, -0.25) is 9.58 Å². The Morgan fingerprint density at radius 2 is 2.25 bits per heavy atom. The summed E-state index contributed by atoms with van der Waals surface area (Å²) in [6.07, 6.45) is 4.88. The monoisotopic (exact) mass is 278 g/mol. The van der Waals surface area contributed by atoms with Crippen molar-refractivity contribution in [2.45, 2.75) is 65.6 Å². The van der Waals surface area contributed by atoms with Crippen molar-refractivity contribution in [3.63, 3.8) is 0 Å². The summed E-state index contributed by atoms with van der Waals surface area (Å²) >= 11 is 0. The molecule has 1 N–H and O–H groups in total. The molecule has 0 aliphatic carbocycles. The van der Waals surface area contributed by atoms with Gasteiger partial charge in [0, 0.05) is 25.7 Å². The van der Waals surface area contributed by atoms with E-state index in [1.54, 1.807) is 0 Å². The van der Waals surface area contributed by atoms with E-state index in [0.717, 1.165) is 26.1 Å². The van der Waals surface area contributed by atoms with E-state index in [4.69, 9.17) is 0 Å². The molecule has 2 rings (SSSR count). The number of nitrogens with one attached hydrogen (secondary N) is 1. The van der Waals surface area contributed by atoms with Gasteiger partial charge in [0.05, 0.1) is 11.4 Å². The molecule has 4 nitrogen and oxygen atoms in total. The lowest BCUT2D eigenvalue weighted by molar-refractivity contribution is 0.154. The number of rotatable bonds is 7. The van der Waals surface area contributed by atoms with Crippen LogP contribution < -0.4 is 5.32 Å². The largest absolute Gasteiger partial charge is 0.315 e. The standard InChI is InChI=1S/C16H30N4/c1-4-10-19(15-8-7-9-17-12-15)13-16-11-14(5-2)18-20(16)6-3/h11,15,17H,4-10,12-13H2,1-3H3. The third kappa shape index (κ3) is 3.83. The van der Waals surface area contributed by atoms with Crippen LogP contribution in [0.2, 0.25) is 0 Å². The van der Waals surface area contributed by atoms with Crippen molar-refractivity contribution in [3.05, 3.63) is 17.5 Å². The van der Waals surface area contributed by atoms with E-state index < -0.39 is 0 Å². The van der Waals surface area contributed by atoms with Crippen molar-refractivity contribution in [1.29, 1.82) is 0 Å². The molecule has 1 aliphatic rings. The fourth-order valence-electron chi connectivity index (χ4n) is 3.12. The summed E-state index contributed by atoms with van der Waals surface area (Å²) in [5.41, 5.74) is 2.60. The normalized spacial score (nSPS) is 19.7. The number of hydrogen-bond acceptors (Lipinski definition) is 3. The van der Waals surface area contributed by atoms with E-state index in [2.05, 4.69) is 46.8 Å². The van der Waals surface area contributed by atoms with Crippen molar-refractivity contribution in [2.24, 2.45) is 0 Å². The zero-order chi connectivity index (χ0) is 14.4. The van der Waals surface area contributed by atoms with Gasteiger partial charge in [-0.05, 0) is 51.8 Å². The van der Waals surface area contributed by atoms with Gasteiger partial charge < -0.3 is 5.32 Å². The molecule has 0 radical (unpaired) electrons. The highest BCUT2D eigenvalue weighted by atomic mass is 15.3. The number of nitrogens with zero attached hydrogens (tertiary/aromatic N) is 3. The van der Waals surface area contributed by atoms with Crippen LogP contribution in [0.15, 0.2) is 6.07 Å². The fraction of sp³-hybridized carbons (Fsp3) is 0.812. The van der Waals surface area contributed by atoms with Gasteiger partial charge in [-0.2, -0.15) is 5.10 Å². The van der Waals surface area contributed by atoms with Gasteiger partial charge in [0.15, 0.2) is 0 Å². The Bertz CT molecular complexity index is 393. The summed E-state index contributed by atoms with van der Waals surface area (Å²) in [5, 5.41) is 8.22. The average Bonchev–Trinajstić information content (AvgIpc) is 2.90. The Kier molecular flexibility index (Phi) is 6.05. The number of aromatic nitrogens is 2. The van der Waals surface area contributed by atoms with Crippen LogP contribution in [0.4, 0.5) is 0 Å². The molecular weight excluding hydrogens is 248 g/mol. The zero-order valence-corrected chi connectivity index (χ0v) is 13.4. The van der Waals surface area contributed by atoms with E-state index >= 15 is 0 Å². The number of aryl methyl sites for hydroxylation is 2. The predicted molar refractivity (Wildman–Crippen MR) is 83.9 cm³/mol. The molecule has 2 heterocycles. The maximum atomic E-state index is 4.68. The lowest BCUT2D eigenvalue weighted by Gasteiger charge is -2.34. The highest BCUT2D eigenvalue weighted by Gasteiger charge is 2.21. The first-order chi connectivity index (χ1) is 9.78. The summed E-state index contributed by atoms with van der Waals surface area (Å²) in [5.74, 6) is 0. The lowest BCUT2D eigenvalue weighted by Crippen LogP contribution is -2.46. The molecule has 1 aliphatic heterocycles. The van der Waals surface area contributed by atoms with Gasteiger partial charge in [0.2, 0.25) is 0 Å². The summed E-state index contributed by atoms with van der Waals surface area (Å²) in [6, 6.07) is 2.98. The highest BCUT2D eigenvalue weighted by molar-refractivity contribution is 5.10. The second kappa shape index (κ2) is 7.79. The predicted octanol–water partition coefficient (Wildman–Crippen LogP) is 2.43. The molecule has 0 bridgehead atoms. The summed E-state index contributed by atoms with van der Waals surface area (Å²) in [4.78, 5) is 2.65. The molecule has 1 aromatic rings. The van der Waals surface area contributed by atoms with Crippen molar-refractivity contribution in [3.8, 4) is 0 Å². The fourth-order valence-corrected chi connectivity index (χ4v) is 3.12. The Morgan fingerprint density at radius 1 is 1.40 bits per heavy atom. The minimum absolute atomic E-state index is 0.689. The van der Waals surface area contributed by atoms with Gasteiger partial charge in [-0.15, -0.1) is 0 Å². The molecule has 0 aromatic carbocycles. The van der Waals surface area contributed by atoms with Crippen molar-refractivity contribution >= 4 is 0 Å². The Balaban J connectivity index is 2.08. The van der Waals surface area contributed by atoms with Gasteiger partial charge >= 0.3 is 0 Å². The van der Waals surface area contributed by atoms with Crippen molar-refractivity contribution < 1.29 is 0 Å². The molecular formula is C16H30N4. The molecule has 0 saturated carbocycles. The van der Waals surface area contributed by atoms with Crippen LogP contribution in [0.1, 0.15) is 51.4 Å². The molecule has 1 saturated heterocycles. The van der Waals surface area contributed by atoms with Crippen LogP contribution in [0, 0.1) is 0 Å². The Labute approximate surface area is 123 Å². The van der Waals surface area contributed by atoms with E-state index in [1.165, 1.54) is 43.7 Å². The van der Waals surface area contributed by atoms with Crippen molar-refractivity contribution in [2.75, 3.05) is 19.6 Å². The third-order valence-electron chi connectivity index (χ3n) is 4.24. The smallest absolute Gasteiger partial charge is 0.0625 e. The second-order valence-electron chi connectivity index (χ2n) is 5.77. The topological polar surface area (TPSA) is 33.1 Å². The maximum Gasteiger partial charge on any atom is 0.0625 e. The summed E-state index contributed by atoms with van der Waals surface area (Å²) < 4.78 is 2.18. The van der Waals surface area contributed by atoms with Crippen LogP contribution >= 0.6 is 0 Å². The van der Waals surface area contributed by atoms with Crippen LogP contribution in [-0.2, 0) is 19.5 Å². The molecule has 1 aromatic heterocycles. The lowest BCUT2D eigenvalue weighted by atomic mass is 10.1. The second-order valence-corrected chi connectivity index (χ2v) is 5.77. The average molecular weight is 278 g/mol. The van der Waals surface area contributed by atoms with E-state index in [9.17, 15) is 0 Å². The first-order valence-electron chi connectivity index (χ1n) is 8.28. The Hall–Kier alpha value is -0.870.